The van der Waals surface area contributed by atoms with Gasteiger partial charge >= 0.3 is 0 Å². The molecule has 1 unspecified atom stereocenters. The normalized spacial score (nSPS) is 15.9. The Kier molecular flexibility index (Phi) is 7.03. The van der Waals surface area contributed by atoms with Gasteiger partial charge in [-0.2, -0.15) is 5.26 Å². The van der Waals surface area contributed by atoms with Gasteiger partial charge < -0.3 is 20.5 Å². The van der Waals surface area contributed by atoms with Crippen molar-refractivity contribution in [2.45, 2.75) is 12.3 Å². The highest BCUT2D eigenvalue weighted by molar-refractivity contribution is 9.10. The smallest absolute Gasteiger partial charge is 0.234 e. The first-order valence-electron chi connectivity index (χ1n) is 8.90. The first-order chi connectivity index (χ1) is 14.4. The van der Waals surface area contributed by atoms with Gasteiger partial charge in [0.15, 0.2) is 11.5 Å². The number of allylic oxidation sites excluding steroid dienone is 1. The van der Waals surface area contributed by atoms with E-state index in [0.29, 0.717) is 21.9 Å². The number of phenolic OH excluding ortho intramolecular Hbond substituents is 1. The van der Waals surface area contributed by atoms with Crippen LogP contribution in [-0.4, -0.2) is 29.8 Å². The monoisotopic (exact) mass is 487 g/mol. The molecule has 0 aromatic heterocycles. The minimum atomic E-state index is -0.490. The highest BCUT2D eigenvalue weighted by Gasteiger charge is 2.30. The molecule has 1 heterocycles. The van der Waals surface area contributed by atoms with Crippen LogP contribution in [0.15, 0.2) is 57.5 Å². The third-order valence-corrected chi connectivity index (χ3v) is 5.98. The predicted octanol–water partition coefficient (Wildman–Crippen LogP) is 3.87. The number of nitriles is 1. The third kappa shape index (κ3) is 5.14. The van der Waals surface area contributed by atoms with Crippen LogP contribution in [0.5, 0.6) is 11.5 Å². The van der Waals surface area contributed by atoms with Crippen molar-refractivity contribution in [1.29, 1.82) is 5.26 Å². The van der Waals surface area contributed by atoms with Gasteiger partial charge in [-0.1, -0.05) is 33.8 Å². The topological polar surface area (TPSA) is 111 Å². The number of methoxy groups -OCH3 is 1. The van der Waals surface area contributed by atoms with Gasteiger partial charge in [0, 0.05) is 22.5 Å². The van der Waals surface area contributed by atoms with Crippen LogP contribution >= 0.6 is 27.7 Å². The largest absolute Gasteiger partial charge is 0.504 e. The zero-order valence-corrected chi connectivity index (χ0v) is 18.3. The number of thioether (sulfide) groups is 1. The SMILES string of the molecule is COc1cc(C2CC(=O)NC(SCC(=O)Nc3ccc(Br)cc3)=C2C#N)ccc1O. The number of rotatable bonds is 6. The molecule has 3 N–H and O–H groups in total. The third-order valence-electron chi connectivity index (χ3n) is 4.44. The molecule has 2 aromatic carbocycles. The summed E-state index contributed by atoms with van der Waals surface area (Å²) in [6.07, 6.45) is 0.0893. The lowest BCUT2D eigenvalue weighted by Gasteiger charge is -2.25. The van der Waals surface area contributed by atoms with Gasteiger partial charge in [-0.15, -0.1) is 0 Å². The van der Waals surface area contributed by atoms with Crippen LogP contribution < -0.4 is 15.4 Å². The van der Waals surface area contributed by atoms with E-state index in [1.54, 1.807) is 24.3 Å². The van der Waals surface area contributed by atoms with Gasteiger partial charge in [0.05, 0.1) is 29.5 Å². The van der Waals surface area contributed by atoms with Crippen LogP contribution in [0.3, 0.4) is 0 Å². The average molecular weight is 488 g/mol. The summed E-state index contributed by atoms with van der Waals surface area (Å²) < 4.78 is 6.03. The predicted molar refractivity (Wildman–Crippen MR) is 118 cm³/mol. The maximum absolute atomic E-state index is 12.3. The van der Waals surface area contributed by atoms with Crippen LogP contribution in [0.4, 0.5) is 5.69 Å². The molecule has 0 spiro atoms. The number of nitrogens with one attached hydrogen (secondary N) is 2. The number of carbonyl (C=O) groups excluding carboxylic acids is 2. The molecular weight excluding hydrogens is 470 g/mol. The van der Waals surface area contributed by atoms with E-state index in [-0.39, 0.29) is 35.5 Å². The van der Waals surface area contributed by atoms with Crippen molar-refractivity contribution in [3.05, 3.63) is 63.1 Å². The van der Waals surface area contributed by atoms with Crippen molar-refractivity contribution in [2.75, 3.05) is 18.2 Å². The molecule has 154 valence electrons. The molecule has 7 nitrogen and oxygen atoms in total. The molecule has 3 rings (SSSR count). The summed E-state index contributed by atoms with van der Waals surface area (Å²) >= 11 is 4.44. The number of amides is 2. The summed E-state index contributed by atoms with van der Waals surface area (Å²) in [6.45, 7) is 0. The maximum atomic E-state index is 12.3. The van der Waals surface area contributed by atoms with E-state index in [9.17, 15) is 20.0 Å². The molecule has 0 aliphatic carbocycles. The number of anilines is 1. The van der Waals surface area contributed by atoms with Crippen LogP contribution in [0, 0.1) is 11.3 Å². The fraction of sp³-hybridized carbons (Fsp3) is 0.190. The number of halogens is 1. The first kappa shape index (κ1) is 21.7. The number of benzene rings is 2. The molecule has 0 saturated carbocycles. The number of nitrogens with zero attached hydrogens (tertiary/aromatic N) is 1. The molecule has 0 bridgehead atoms. The Hall–Kier alpha value is -2.96. The molecule has 2 amide bonds. The molecule has 1 atom stereocenters. The Morgan fingerprint density at radius 2 is 2.10 bits per heavy atom. The molecule has 2 aromatic rings. The van der Waals surface area contributed by atoms with Crippen molar-refractivity contribution >= 4 is 45.2 Å². The van der Waals surface area contributed by atoms with E-state index in [1.165, 1.54) is 13.2 Å². The zero-order valence-electron chi connectivity index (χ0n) is 15.9. The van der Waals surface area contributed by atoms with Crippen molar-refractivity contribution in [3.63, 3.8) is 0 Å². The van der Waals surface area contributed by atoms with E-state index < -0.39 is 5.92 Å². The number of hydrogen-bond donors (Lipinski definition) is 3. The molecule has 9 heteroatoms. The lowest BCUT2D eigenvalue weighted by atomic mass is 9.87. The quantitative estimate of drug-likeness (QED) is 0.569. The van der Waals surface area contributed by atoms with E-state index >= 15 is 0 Å². The van der Waals surface area contributed by atoms with Gasteiger partial charge in [0.2, 0.25) is 11.8 Å². The maximum Gasteiger partial charge on any atom is 0.234 e. The summed E-state index contributed by atoms with van der Waals surface area (Å²) in [7, 11) is 1.43. The summed E-state index contributed by atoms with van der Waals surface area (Å²) in [5.41, 5.74) is 1.69. The summed E-state index contributed by atoms with van der Waals surface area (Å²) in [4.78, 5) is 24.5. The standard InChI is InChI=1S/C21H18BrN3O4S/c1-29-18-8-12(2-7-17(18)26)15-9-19(27)25-21(16(15)10-23)30-11-20(28)24-14-5-3-13(22)4-6-14/h2-8,15,26H,9,11H2,1H3,(H,24,28)(H,25,27). The van der Waals surface area contributed by atoms with Crippen molar-refractivity contribution in [3.8, 4) is 17.6 Å². The Morgan fingerprint density at radius 1 is 1.37 bits per heavy atom. The van der Waals surface area contributed by atoms with E-state index in [4.69, 9.17) is 4.74 Å². The second-order valence-corrected chi connectivity index (χ2v) is 8.34. The number of hydrogen-bond acceptors (Lipinski definition) is 6. The fourth-order valence-electron chi connectivity index (χ4n) is 3.00. The molecule has 0 radical (unpaired) electrons. The first-order valence-corrected chi connectivity index (χ1v) is 10.7. The number of phenols is 1. The Balaban J connectivity index is 1.78. The van der Waals surface area contributed by atoms with Crippen LogP contribution in [0.1, 0.15) is 17.9 Å². The number of carbonyl (C=O) groups is 2. The van der Waals surface area contributed by atoms with Crippen LogP contribution in [-0.2, 0) is 9.59 Å². The average Bonchev–Trinajstić information content (AvgIpc) is 2.74. The minimum Gasteiger partial charge on any atom is -0.504 e. The lowest BCUT2D eigenvalue weighted by Crippen LogP contribution is -2.31. The molecule has 30 heavy (non-hydrogen) atoms. The van der Waals surface area contributed by atoms with Crippen LogP contribution in [0.2, 0.25) is 0 Å². The molecule has 1 aliphatic rings. The highest BCUT2D eigenvalue weighted by atomic mass is 79.9. The number of aromatic hydroxyl groups is 1. The van der Waals surface area contributed by atoms with Crippen molar-refractivity contribution < 1.29 is 19.4 Å². The summed E-state index contributed by atoms with van der Waals surface area (Å²) in [5.74, 6) is -0.725. The Morgan fingerprint density at radius 3 is 2.77 bits per heavy atom. The highest BCUT2D eigenvalue weighted by Crippen LogP contribution is 2.38. The van der Waals surface area contributed by atoms with E-state index in [2.05, 4.69) is 32.6 Å². The van der Waals surface area contributed by atoms with Gasteiger partial charge in [0.1, 0.15) is 0 Å². The zero-order chi connectivity index (χ0) is 21.7. The van der Waals surface area contributed by atoms with Gasteiger partial charge in [-0.25, -0.2) is 0 Å². The molecule has 0 fully saturated rings. The fourth-order valence-corrected chi connectivity index (χ4v) is 4.14. The van der Waals surface area contributed by atoms with Gasteiger partial charge in [-0.05, 0) is 42.0 Å². The molecule has 0 saturated heterocycles. The minimum absolute atomic E-state index is 0.0248. The Labute approximate surface area is 186 Å². The van der Waals surface area contributed by atoms with Crippen molar-refractivity contribution in [2.24, 2.45) is 0 Å². The van der Waals surface area contributed by atoms with Crippen LogP contribution in [0.25, 0.3) is 0 Å². The summed E-state index contributed by atoms with van der Waals surface area (Å²) in [5, 5.41) is 25.4. The van der Waals surface area contributed by atoms with Gasteiger partial charge in [0.25, 0.3) is 0 Å². The van der Waals surface area contributed by atoms with E-state index in [1.807, 2.05) is 12.1 Å². The Bertz CT molecular complexity index is 1050. The second kappa shape index (κ2) is 9.69. The summed E-state index contributed by atoms with van der Waals surface area (Å²) in [6, 6.07) is 14.1. The molecular formula is C21H18BrN3O4S. The molecule has 1 aliphatic heterocycles. The lowest BCUT2D eigenvalue weighted by molar-refractivity contribution is -0.121. The van der Waals surface area contributed by atoms with Gasteiger partial charge in [-0.3, -0.25) is 9.59 Å². The van der Waals surface area contributed by atoms with E-state index in [0.717, 1.165) is 16.2 Å². The van der Waals surface area contributed by atoms with Crippen molar-refractivity contribution in [1.82, 2.24) is 5.32 Å². The number of ether oxygens (including phenoxy) is 1. The second-order valence-electron chi connectivity index (χ2n) is 6.43.